The lowest BCUT2D eigenvalue weighted by Crippen LogP contribution is -2.32. The van der Waals surface area contributed by atoms with Crippen molar-refractivity contribution >= 4 is 11.6 Å². The summed E-state index contributed by atoms with van der Waals surface area (Å²) in [6.45, 7) is 3.05. The second kappa shape index (κ2) is 8.06. The number of aliphatic hydroxyl groups excluding tert-OH is 1. The van der Waals surface area contributed by atoms with E-state index < -0.39 is 6.10 Å². The molecule has 0 bridgehead atoms. The Kier molecular flexibility index (Phi) is 5.59. The molecule has 2 aromatic carbocycles. The Hall–Kier alpha value is -2.21. The number of rotatable bonds is 4. The maximum Gasteiger partial charge on any atom is 0.255 e. The number of amides is 1. The molecule has 3 rings (SSSR count). The molecule has 0 aliphatic carbocycles. The van der Waals surface area contributed by atoms with Crippen molar-refractivity contribution in [2.24, 2.45) is 0 Å². The Morgan fingerprint density at radius 2 is 2.04 bits per heavy atom. The molecule has 1 aliphatic rings. The van der Waals surface area contributed by atoms with Gasteiger partial charge in [0.2, 0.25) is 0 Å². The molecule has 2 aromatic rings. The second-order valence-corrected chi connectivity index (χ2v) is 5.98. The van der Waals surface area contributed by atoms with Gasteiger partial charge in [-0.05, 0) is 29.8 Å². The molecule has 2 N–H and O–H groups in total. The summed E-state index contributed by atoms with van der Waals surface area (Å²) in [7, 11) is 0. The van der Waals surface area contributed by atoms with Crippen molar-refractivity contribution in [3.63, 3.8) is 0 Å². The fourth-order valence-corrected chi connectivity index (χ4v) is 2.79. The van der Waals surface area contributed by atoms with E-state index >= 15 is 0 Å². The Bertz CT molecular complexity index is 675. The minimum absolute atomic E-state index is 0.123. The van der Waals surface area contributed by atoms with E-state index in [2.05, 4.69) is 10.2 Å². The monoisotopic (exact) mass is 326 g/mol. The van der Waals surface area contributed by atoms with Gasteiger partial charge in [-0.3, -0.25) is 9.69 Å². The maximum absolute atomic E-state index is 12.4. The van der Waals surface area contributed by atoms with E-state index in [-0.39, 0.29) is 5.91 Å². The number of carbonyl (C=O) groups is 1. The zero-order chi connectivity index (χ0) is 16.8. The predicted molar refractivity (Wildman–Crippen MR) is 92.9 cm³/mol. The third kappa shape index (κ3) is 4.64. The van der Waals surface area contributed by atoms with Gasteiger partial charge in [-0.25, -0.2) is 0 Å². The summed E-state index contributed by atoms with van der Waals surface area (Å²) in [5, 5.41) is 12.7. The first-order valence-electron chi connectivity index (χ1n) is 8.14. The van der Waals surface area contributed by atoms with Crippen molar-refractivity contribution in [1.82, 2.24) is 4.90 Å². The second-order valence-electron chi connectivity index (χ2n) is 5.98. The summed E-state index contributed by atoms with van der Waals surface area (Å²) in [6.07, 6.45) is -0.461. The van der Waals surface area contributed by atoms with Crippen LogP contribution in [-0.4, -0.2) is 48.3 Å². The standard InChI is InChI=1S/C19H22N2O3/c22-18-13-21(9-10-24-14-18)12-15-5-4-6-16(11-15)19(23)20-17-7-2-1-3-8-17/h1-8,11,18,22H,9-10,12-14H2,(H,20,23). The van der Waals surface area contributed by atoms with Crippen molar-refractivity contribution < 1.29 is 14.6 Å². The molecule has 1 fully saturated rings. The Morgan fingerprint density at radius 3 is 2.88 bits per heavy atom. The molecule has 0 spiro atoms. The number of hydrogen-bond acceptors (Lipinski definition) is 4. The van der Waals surface area contributed by atoms with E-state index in [1.165, 1.54) is 0 Å². The van der Waals surface area contributed by atoms with Gasteiger partial charge < -0.3 is 15.2 Å². The van der Waals surface area contributed by atoms with E-state index in [4.69, 9.17) is 4.74 Å². The number of carbonyl (C=O) groups excluding carboxylic acids is 1. The first-order valence-corrected chi connectivity index (χ1v) is 8.14. The zero-order valence-corrected chi connectivity index (χ0v) is 13.5. The van der Waals surface area contributed by atoms with Crippen LogP contribution >= 0.6 is 0 Å². The van der Waals surface area contributed by atoms with Crippen molar-refractivity contribution in [2.45, 2.75) is 12.6 Å². The average Bonchev–Trinajstić information content (AvgIpc) is 2.80. The van der Waals surface area contributed by atoms with Crippen LogP contribution in [0.2, 0.25) is 0 Å². The molecular formula is C19H22N2O3. The molecule has 1 aliphatic heterocycles. The number of aliphatic hydroxyl groups is 1. The Labute approximate surface area is 141 Å². The predicted octanol–water partition coefficient (Wildman–Crippen LogP) is 2.13. The zero-order valence-electron chi connectivity index (χ0n) is 13.5. The van der Waals surface area contributed by atoms with Crippen molar-refractivity contribution in [3.05, 3.63) is 65.7 Å². The molecule has 1 saturated heterocycles. The van der Waals surface area contributed by atoms with Gasteiger partial charge in [0.15, 0.2) is 0 Å². The Morgan fingerprint density at radius 1 is 1.21 bits per heavy atom. The lowest BCUT2D eigenvalue weighted by molar-refractivity contribution is 0.0562. The summed E-state index contributed by atoms with van der Waals surface area (Å²) in [5.74, 6) is -0.123. The molecule has 5 nitrogen and oxygen atoms in total. The minimum Gasteiger partial charge on any atom is -0.389 e. The highest BCUT2D eigenvalue weighted by molar-refractivity contribution is 6.04. The van der Waals surface area contributed by atoms with Crippen LogP contribution in [0.3, 0.4) is 0 Å². The highest BCUT2D eigenvalue weighted by Gasteiger charge is 2.17. The first-order chi connectivity index (χ1) is 11.7. The normalized spacial score (nSPS) is 18.8. The topological polar surface area (TPSA) is 61.8 Å². The van der Waals surface area contributed by atoms with Gasteiger partial charge in [0.25, 0.3) is 5.91 Å². The van der Waals surface area contributed by atoms with Gasteiger partial charge >= 0.3 is 0 Å². The van der Waals surface area contributed by atoms with E-state index in [0.29, 0.717) is 31.9 Å². The van der Waals surface area contributed by atoms with Crippen LogP contribution in [0.5, 0.6) is 0 Å². The van der Waals surface area contributed by atoms with Gasteiger partial charge in [-0.15, -0.1) is 0 Å². The first kappa shape index (κ1) is 16.6. The molecule has 126 valence electrons. The number of hydrogen-bond donors (Lipinski definition) is 2. The van der Waals surface area contributed by atoms with Crippen LogP contribution < -0.4 is 5.32 Å². The fraction of sp³-hybridized carbons (Fsp3) is 0.316. The third-order valence-electron chi connectivity index (χ3n) is 3.96. The van der Waals surface area contributed by atoms with E-state index in [1.807, 2.05) is 54.6 Å². The average molecular weight is 326 g/mol. The molecule has 1 heterocycles. The number of β-amino-alcohol motifs (C(OH)–C–C–N with tert-alkyl or cyclic N) is 1. The van der Waals surface area contributed by atoms with Crippen LogP contribution in [0.25, 0.3) is 0 Å². The number of benzene rings is 2. The molecule has 1 unspecified atom stereocenters. The van der Waals surface area contributed by atoms with Crippen LogP contribution in [0.1, 0.15) is 15.9 Å². The third-order valence-corrected chi connectivity index (χ3v) is 3.96. The molecule has 1 amide bonds. The summed E-state index contributed by atoms with van der Waals surface area (Å²) in [4.78, 5) is 14.5. The molecular weight excluding hydrogens is 304 g/mol. The molecule has 5 heteroatoms. The Balaban J connectivity index is 1.66. The smallest absolute Gasteiger partial charge is 0.255 e. The number of nitrogens with zero attached hydrogens (tertiary/aromatic N) is 1. The van der Waals surface area contributed by atoms with Crippen LogP contribution in [0.4, 0.5) is 5.69 Å². The van der Waals surface area contributed by atoms with Gasteiger partial charge in [-0.1, -0.05) is 30.3 Å². The highest BCUT2D eigenvalue weighted by Crippen LogP contribution is 2.13. The van der Waals surface area contributed by atoms with Crippen molar-refractivity contribution in [1.29, 1.82) is 0 Å². The molecule has 0 radical (unpaired) electrons. The van der Waals surface area contributed by atoms with E-state index in [9.17, 15) is 9.90 Å². The van der Waals surface area contributed by atoms with Gasteiger partial charge in [0, 0.05) is 30.9 Å². The quantitative estimate of drug-likeness (QED) is 0.903. The summed E-state index contributed by atoms with van der Waals surface area (Å²) < 4.78 is 5.35. The highest BCUT2D eigenvalue weighted by atomic mass is 16.5. The summed E-state index contributed by atoms with van der Waals surface area (Å²) >= 11 is 0. The van der Waals surface area contributed by atoms with Crippen molar-refractivity contribution in [3.8, 4) is 0 Å². The summed E-state index contributed by atoms with van der Waals surface area (Å²) in [5.41, 5.74) is 2.45. The number of anilines is 1. The summed E-state index contributed by atoms with van der Waals surface area (Å²) in [6, 6.07) is 17.0. The van der Waals surface area contributed by atoms with Crippen molar-refractivity contribution in [2.75, 3.05) is 31.6 Å². The SMILES string of the molecule is O=C(Nc1ccccc1)c1cccc(CN2CCOCC(O)C2)c1. The molecule has 0 aromatic heterocycles. The van der Waals surface area contributed by atoms with Crippen LogP contribution in [0.15, 0.2) is 54.6 Å². The molecule has 0 saturated carbocycles. The maximum atomic E-state index is 12.4. The number of ether oxygens (including phenoxy) is 1. The van der Waals surface area contributed by atoms with E-state index in [0.717, 1.165) is 17.8 Å². The number of nitrogens with one attached hydrogen (secondary N) is 1. The van der Waals surface area contributed by atoms with Gasteiger partial charge in [0.05, 0.1) is 19.3 Å². The van der Waals surface area contributed by atoms with E-state index in [1.54, 1.807) is 0 Å². The number of para-hydroxylation sites is 1. The molecule has 24 heavy (non-hydrogen) atoms. The largest absolute Gasteiger partial charge is 0.389 e. The molecule has 1 atom stereocenters. The lowest BCUT2D eigenvalue weighted by Gasteiger charge is -2.21. The van der Waals surface area contributed by atoms with Crippen LogP contribution in [-0.2, 0) is 11.3 Å². The minimum atomic E-state index is -0.461. The fourth-order valence-electron chi connectivity index (χ4n) is 2.79. The van der Waals surface area contributed by atoms with Gasteiger partial charge in [0.1, 0.15) is 0 Å². The van der Waals surface area contributed by atoms with Crippen LogP contribution in [0, 0.1) is 0 Å². The van der Waals surface area contributed by atoms with Gasteiger partial charge in [-0.2, -0.15) is 0 Å². The lowest BCUT2D eigenvalue weighted by atomic mass is 10.1.